The lowest BCUT2D eigenvalue weighted by Gasteiger charge is -2.19. The molecule has 0 spiro atoms. The molecule has 3 atom stereocenters. The molecule has 0 amide bonds. The SMILES string of the molecule is CC(CCO)CN[C@@H]1CCC[C@H]1O. The Bertz CT molecular complexity index is 141. The molecule has 1 fully saturated rings. The van der Waals surface area contributed by atoms with Crippen LogP contribution < -0.4 is 5.32 Å². The second-order valence-corrected chi connectivity index (χ2v) is 4.13. The molecule has 3 N–H and O–H groups in total. The number of hydrogen-bond acceptors (Lipinski definition) is 3. The fourth-order valence-electron chi connectivity index (χ4n) is 1.85. The van der Waals surface area contributed by atoms with Crippen molar-refractivity contribution < 1.29 is 10.2 Å². The molecule has 0 aromatic heterocycles. The number of aliphatic hydroxyl groups is 2. The standard InChI is InChI=1S/C10H21NO2/c1-8(5-6-12)7-11-9-3-2-4-10(9)13/h8-13H,2-7H2,1H3/t8?,9-,10-/m1/s1. The van der Waals surface area contributed by atoms with Gasteiger partial charge in [-0.15, -0.1) is 0 Å². The second kappa shape index (κ2) is 5.58. The van der Waals surface area contributed by atoms with E-state index in [9.17, 15) is 5.11 Å². The third-order valence-electron chi connectivity index (χ3n) is 2.83. The van der Waals surface area contributed by atoms with Crippen LogP contribution in [0.3, 0.4) is 0 Å². The molecule has 0 bridgehead atoms. The van der Waals surface area contributed by atoms with Crippen LogP contribution in [0, 0.1) is 5.92 Å². The summed E-state index contributed by atoms with van der Waals surface area (Å²) in [6.45, 7) is 3.28. The first-order chi connectivity index (χ1) is 6.24. The summed E-state index contributed by atoms with van der Waals surface area (Å²) >= 11 is 0. The van der Waals surface area contributed by atoms with Gasteiger partial charge in [-0.2, -0.15) is 0 Å². The van der Waals surface area contributed by atoms with Crippen molar-refractivity contribution in [1.29, 1.82) is 0 Å². The predicted molar refractivity (Wildman–Crippen MR) is 52.5 cm³/mol. The smallest absolute Gasteiger partial charge is 0.0693 e. The maximum absolute atomic E-state index is 9.52. The van der Waals surface area contributed by atoms with Crippen molar-refractivity contribution in [1.82, 2.24) is 5.32 Å². The van der Waals surface area contributed by atoms with E-state index in [-0.39, 0.29) is 12.7 Å². The van der Waals surface area contributed by atoms with Gasteiger partial charge in [-0.1, -0.05) is 6.92 Å². The average molecular weight is 187 g/mol. The maximum atomic E-state index is 9.52. The molecule has 78 valence electrons. The van der Waals surface area contributed by atoms with Crippen LogP contribution >= 0.6 is 0 Å². The highest BCUT2D eigenvalue weighted by atomic mass is 16.3. The first-order valence-corrected chi connectivity index (χ1v) is 5.26. The highest BCUT2D eigenvalue weighted by molar-refractivity contribution is 4.82. The summed E-state index contributed by atoms with van der Waals surface area (Å²) < 4.78 is 0. The van der Waals surface area contributed by atoms with Gasteiger partial charge in [0.2, 0.25) is 0 Å². The number of rotatable bonds is 5. The van der Waals surface area contributed by atoms with Crippen molar-refractivity contribution in [2.75, 3.05) is 13.2 Å². The van der Waals surface area contributed by atoms with Crippen LogP contribution in [-0.2, 0) is 0 Å². The Labute approximate surface area is 80.2 Å². The van der Waals surface area contributed by atoms with Gasteiger partial charge in [0.05, 0.1) is 6.10 Å². The van der Waals surface area contributed by atoms with E-state index in [0.717, 1.165) is 32.2 Å². The molecule has 1 rings (SSSR count). The van der Waals surface area contributed by atoms with Crippen LogP contribution in [0.4, 0.5) is 0 Å². The molecule has 0 saturated heterocycles. The molecular weight excluding hydrogens is 166 g/mol. The summed E-state index contributed by atoms with van der Waals surface area (Å²) in [4.78, 5) is 0. The molecule has 3 heteroatoms. The van der Waals surface area contributed by atoms with Gasteiger partial charge in [-0.25, -0.2) is 0 Å². The van der Waals surface area contributed by atoms with Crippen LogP contribution in [-0.4, -0.2) is 35.5 Å². The summed E-state index contributed by atoms with van der Waals surface area (Å²) in [5, 5.41) is 21.6. The van der Waals surface area contributed by atoms with Gasteiger partial charge in [-0.05, 0) is 38.1 Å². The van der Waals surface area contributed by atoms with E-state index in [4.69, 9.17) is 5.11 Å². The number of nitrogens with one attached hydrogen (secondary N) is 1. The van der Waals surface area contributed by atoms with Crippen molar-refractivity contribution in [3.05, 3.63) is 0 Å². The first kappa shape index (κ1) is 11.0. The van der Waals surface area contributed by atoms with E-state index in [1.54, 1.807) is 0 Å². The average Bonchev–Trinajstić information content (AvgIpc) is 2.48. The minimum atomic E-state index is -0.152. The van der Waals surface area contributed by atoms with E-state index in [1.807, 2.05) is 0 Å². The molecule has 13 heavy (non-hydrogen) atoms. The van der Waals surface area contributed by atoms with Crippen LogP contribution in [0.5, 0.6) is 0 Å². The van der Waals surface area contributed by atoms with Crippen molar-refractivity contribution in [2.24, 2.45) is 5.92 Å². The molecule has 1 aliphatic carbocycles. The minimum absolute atomic E-state index is 0.152. The lowest BCUT2D eigenvalue weighted by Crippen LogP contribution is -2.38. The maximum Gasteiger partial charge on any atom is 0.0693 e. The van der Waals surface area contributed by atoms with Crippen LogP contribution in [0.2, 0.25) is 0 Å². The summed E-state index contributed by atoms with van der Waals surface area (Å²) in [5.74, 6) is 0.498. The van der Waals surface area contributed by atoms with E-state index in [2.05, 4.69) is 12.2 Å². The number of hydrogen-bond donors (Lipinski definition) is 3. The molecule has 1 aliphatic rings. The molecule has 0 aromatic carbocycles. The molecule has 3 nitrogen and oxygen atoms in total. The molecule has 0 aliphatic heterocycles. The third-order valence-corrected chi connectivity index (χ3v) is 2.83. The lowest BCUT2D eigenvalue weighted by molar-refractivity contribution is 0.145. The Morgan fingerprint density at radius 3 is 2.77 bits per heavy atom. The fraction of sp³-hybridized carbons (Fsp3) is 1.00. The second-order valence-electron chi connectivity index (χ2n) is 4.13. The highest BCUT2D eigenvalue weighted by Crippen LogP contribution is 2.18. The van der Waals surface area contributed by atoms with Gasteiger partial charge in [-0.3, -0.25) is 0 Å². The van der Waals surface area contributed by atoms with Gasteiger partial charge in [0, 0.05) is 12.6 Å². The topological polar surface area (TPSA) is 52.5 Å². The van der Waals surface area contributed by atoms with E-state index in [1.165, 1.54) is 0 Å². The van der Waals surface area contributed by atoms with Gasteiger partial charge < -0.3 is 15.5 Å². The minimum Gasteiger partial charge on any atom is -0.396 e. The summed E-state index contributed by atoms with van der Waals surface area (Å²) in [5.41, 5.74) is 0. The Morgan fingerprint density at radius 1 is 1.46 bits per heavy atom. The molecule has 0 heterocycles. The Hall–Kier alpha value is -0.120. The van der Waals surface area contributed by atoms with Gasteiger partial charge >= 0.3 is 0 Å². The largest absolute Gasteiger partial charge is 0.396 e. The first-order valence-electron chi connectivity index (χ1n) is 5.26. The van der Waals surface area contributed by atoms with E-state index >= 15 is 0 Å². The zero-order valence-electron chi connectivity index (χ0n) is 8.37. The quantitative estimate of drug-likeness (QED) is 0.588. The van der Waals surface area contributed by atoms with Crippen molar-refractivity contribution in [3.8, 4) is 0 Å². The predicted octanol–water partition coefficient (Wildman–Crippen LogP) is 0.508. The Balaban J connectivity index is 2.10. The summed E-state index contributed by atoms with van der Waals surface area (Å²) in [6, 6.07) is 0.293. The zero-order chi connectivity index (χ0) is 9.68. The van der Waals surface area contributed by atoms with Gasteiger partial charge in [0.25, 0.3) is 0 Å². The molecule has 1 saturated carbocycles. The van der Waals surface area contributed by atoms with Crippen molar-refractivity contribution >= 4 is 0 Å². The van der Waals surface area contributed by atoms with Gasteiger partial charge in [0.1, 0.15) is 0 Å². The van der Waals surface area contributed by atoms with Gasteiger partial charge in [0.15, 0.2) is 0 Å². The van der Waals surface area contributed by atoms with Crippen LogP contribution in [0.15, 0.2) is 0 Å². The summed E-state index contributed by atoms with van der Waals surface area (Å²) in [6.07, 6.45) is 3.85. The van der Waals surface area contributed by atoms with Crippen LogP contribution in [0.25, 0.3) is 0 Å². The van der Waals surface area contributed by atoms with E-state index in [0.29, 0.717) is 12.0 Å². The molecule has 0 radical (unpaired) electrons. The summed E-state index contributed by atoms with van der Waals surface area (Å²) in [7, 11) is 0. The lowest BCUT2D eigenvalue weighted by atomic mass is 10.1. The zero-order valence-corrected chi connectivity index (χ0v) is 8.37. The Kier molecular flexibility index (Phi) is 4.70. The molecule has 1 unspecified atom stereocenters. The normalized spacial score (nSPS) is 30.7. The van der Waals surface area contributed by atoms with Crippen LogP contribution in [0.1, 0.15) is 32.6 Å². The number of aliphatic hydroxyl groups excluding tert-OH is 2. The molecular formula is C10H21NO2. The van der Waals surface area contributed by atoms with Crippen molar-refractivity contribution in [2.45, 2.75) is 44.8 Å². The third kappa shape index (κ3) is 3.63. The van der Waals surface area contributed by atoms with Crippen molar-refractivity contribution in [3.63, 3.8) is 0 Å². The fourth-order valence-corrected chi connectivity index (χ4v) is 1.85. The monoisotopic (exact) mass is 187 g/mol. The van der Waals surface area contributed by atoms with E-state index < -0.39 is 0 Å². The molecule has 0 aromatic rings. The Morgan fingerprint density at radius 2 is 2.23 bits per heavy atom. The highest BCUT2D eigenvalue weighted by Gasteiger charge is 2.24.